The molecule has 4 nitrogen and oxygen atoms in total. The number of nitrogens with zero attached hydrogens (tertiary/aromatic N) is 2. The molecule has 2 aliphatic rings. The first-order chi connectivity index (χ1) is 12.4. The highest BCUT2D eigenvalue weighted by atomic mass is 127. The van der Waals surface area contributed by atoms with Crippen molar-refractivity contribution in [3.05, 3.63) is 35.4 Å². The van der Waals surface area contributed by atoms with E-state index < -0.39 is 11.7 Å². The number of alkyl halides is 3. The van der Waals surface area contributed by atoms with E-state index in [4.69, 9.17) is 0 Å². The topological polar surface area (TPSA) is 39.7 Å². The Morgan fingerprint density at radius 2 is 1.74 bits per heavy atom. The van der Waals surface area contributed by atoms with Crippen molar-refractivity contribution in [1.82, 2.24) is 15.5 Å². The van der Waals surface area contributed by atoms with Crippen LogP contribution in [0.25, 0.3) is 0 Å². The molecule has 27 heavy (non-hydrogen) atoms. The van der Waals surface area contributed by atoms with Crippen LogP contribution in [0.3, 0.4) is 0 Å². The van der Waals surface area contributed by atoms with Gasteiger partial charge in [-0.05, 0) is 43.7 Å². The van der Waals surface area contributed by atoms with Gasteiger partial charge < -0.3 is 10.6 Å². The molecule has 0 unspecified atom stereocenters. The van der Waals surface area contributed by atoms with Gasteiger partial charge in [0.1, 0.15) is 0 Å². The summed E-state index contributed by atoms with van der Waals surface area (Å²) in [4.78, 5) is 6.52. The van der Waals surface area contributed by atoms with Crippen LogP contribution in [0.4, 0.5) is 13.2 Å². The molecule has 0 aromatic heterocycles. The van der Waals surface area contributed by atoms with Crippen LogP contribution in [0.2, 0.25) is 0 Å². The number of benzene rings is 1. The number of halogens is 4. The van der Waals surface area contributed by atoms with Crippen LogP contribution >= 0.6 is 24.0 Å². The molecular weight excluding hydrogens is 468 g/mol. The monoisotopic (exact) mass is 496 g/mol. The molecule has 1 saturated carbocycles. The predicted octanol–water partition coefficient (Wildman–Crippen LogP) is 4.01. The summed E-state index contributed by atoms with van der Waals surface area (Å²) < 4.78 is 38.5. The van der Waals surface area contributed by atoms with Crippen molar-refractivity contribution >= 4 is 29.9 Å². The third-order valence-electron chi connectivity index (χ3n) is 5.26. The van der Waals surface area contributed by atoms with Crippen molar-refractivity contribution in [3.63, 3.8) is 0 Å². The summed E-state index contributed by atoms with van der Waals surface area (Å²) in [5.74, 6) is 0.867. The highest BCUT2D eigenvalue weighted by molar-refractivity contribution is 14.0. The van der Waals surface area contributed by atoms with Gasteiger partial charge in [-0.25, -0.2) is 0 Å². The van der Waals surface area contributed by atoms with E-state index in [2.05, 4.69) is 20.5 Å². The molecule has 2 fully saturated rings. The Morgan fingerprint density at radius 1 is 1.11 bits per heavy atom. The lowest BCUT2D eigenvalue weighted by Gasteiger charge is -2.34. The fraction of sp³-hybridized carbons (Fsp3) is 0.632. The fourth-order valence-electron chi connectivity index (χ4n) is 3.45. The Labute approximate surface area is 176 Å². The number of likely N-dealkylation sites (tertiary alicyclic amines) is 1. The molecule has 0 radical (unpaired) electrons. The predicted molar refractivity (Wildman–Crippen MR) is 112 cm³/mol. The Kier molecular flexibility index (Phi) is 8.20. The summed E-state index contributed by atoms with van der Waals surface area (Å²) in [5, 5.41) is 6.92. The van der Waals surface area contributed by atoms with E-state index in [1.165, 1.54) is 31.4 Å². The number of hydrogen-bond acceptors (Lipinski definition) is 2. The maximum absolute atomic E-state index is 12.8. The van der Waals surface area contributed by atoms with E-state index in [0.717, 1.165) is 38.0 Å². The van der Waals surface area contributed by atoms with Gasteiger partial charge in [0.15, 0.2) is 5.96 Å². The lowest BCUT2D eigenvalue weighted by atomic mass is 9.93. The van der Waals surface area contributed by atoms with Crippen molar-refractivity contribution in [2.24, 2.45) is 4.99 Å². The van der Waals surface area contributed by atoms with Crippen LogP contribution in [0.5, 0.6) is 0 Å². The fourth-order valence-corrected chi connectivity index (χ4v) is 3.45. The molecule has 1 aromatic rings. The van der Waals surface area contributed by atoms with Gasteiger partial charge in [-0.2, -0.15) is 13.2 Å². The van der Waals surface area contributed by atoms with E-state index in [1.54, 1.807) is 13.1 Å². The highest BCUT2D eigenvalue weighted by Gasteiger charge is 2.30. The third-order valence-corrected chi connectivity index (χ3v) is 5.26. The van der Waals surface area contributed by atoms with Crippen LogP contribution in [0.15, 0.2) is 29.3 Å². The van der Waals surface area contributed by atoms with Crippen LogP contribution in [0, 0.1) is 0 Å². The number of nitrogens with one attached hydrogen (secondary N) is 2. The second-order valence-electron chi connectivity index (χ2n) is 7.24. The SMILES string of the molecule is CN=C(NC1CCC1)NC1CCN(Cc2cccc(C(F)(F)F)c2)CC1.I. The standard InChI is InChI=1S/C19H27F3N4.HI/c1-23-18(24-16-6-3-7-16)25-17-8-10-26(11-9-17)13-14-4-2-5-15(12-14)19(20,21)22;/h2,4-5,12,16-17H,3,6-11,13H2,1H3,(H2,23,24,25);1H. The first kappa shape index (κ1) is 22.3. The van der Waals surface area contributed by atoms with Crippen molar-refractivity contribution in [3.8, 4) is 0 Å². The van der Waals surface area contributed by atoms with E-state index >= 15 is 0 Å². The number of aliphatic imine (C=N–C) groups is 1. The second-order valence-corrected chi connectivity index (χ2v) is 7.24. The van der Waals surface area contributed by atoms with Gasteiger partial charge in [0.05, 0.1) is 5.56 Å². The van der Waals surface area contributed by atoms with E-state index in [-0.39, 0.29) is 24.0 Å². The molecule has 0 amide bonds. The molecule has 1 aromatic carbocycles. The van der Waals surface area contributed by atoms with Crippen LogP contribution in [-0.2, 0) is 12.7 Å². The highest BCUT2D eigenvalue weighted by Crippen LogP contribution is 2.30. The van der Waals surface area contributed by atoms with Crippen LogP contribution in [-0.4, -0.2) is 43.1 Å². The molecule has 1 aliphatic carbocycles. The quantitative estimate of drug-likeness (QED) is 0.376. The minimum Gasteiger partial charge on any atom is -0.354 e. The minimum absolute atomic E-state index is 0. The molecule has 1 aliphatic heterocycles. The van der Waals surface area contributed by atoms with E-state index in [9.17, 15) is 13.2 Å². The zero-order valence-corrected chi connectivity index (χ0v) is 17.9. The van der Waals surface area contributed by atoms with Crippen molar-refractivity contribution in [2.75, 3.05) is 20.1 Å². The van der Waals surface area contributed by atoms with Gasteiger partial charge in [0.25, 0.3) is 0 Å². The maximum Gasteiger partial charge on any atom is 0.416 e. The molecule has 3 rings (SSSR count). The minimum atomic E-state index is -4.28. The summed E-state index contributed by atoms with van der Waals surface area (Å²) in [5.41, 5.74) is 0.145. The molecule has 1 heterocycles. The maximum atomic E-state index is 12.8. The first-order valence-corrected chi connectivity index (χ1v) is 9.32. The average Bonchev–Trinajstić information content (AvgIpc) is 2.58. The van der Waals surface area contributed by atoms with Crippen molar-refractivity contribution in [2.45, 2.75) is 56.9 Å². The van der Waals surface area contributed by atoms with E-state index in [1.807, 2.05) is 0 Å². The molecule has 8 heteroatoms. The van der Waals surface area contributed by atoms with Crippen molar-refractivity contribution in [1.29, 1.82) is 0 Å². The average molecular weight is 496 g/mol. The lowest BCUT2D eigenvalue weighted by molar-refractivity contribution is -0.137. The van der Waals surface area contributed by atoms with Gasteiger partial charge in [-0.3, -0.25) is 9.89 Å². The Bertz CT molecular complexity index is 624. The molecular formula is C19H28F3IN4. The molecule has 1 saturated heterocycles. The zero-order valence-electron chi connectivity index (χ0n) is 15.6. The van der Waals surface area contributed by atoms with Gasteiger partial charge in [0, 0.05) is 38.8 Å². The summed E-state index contributed by atoms with van der Waals surface area (Å²) in [6.07, 6.45) is 1.33. The Morgan fingerprint density at radius 3 is 2.26 bits per heavy atom. The molecule has 0 bridgehead atoms. The summed E-state index contributed by atoms with van der Waals surface area (Å²) in [6.45, 7) is 2.30. The summed E-state index contributed by atoms with van der Waals surface area (Å²) in [7, 11) is 1.79. The summed E-state index contributed by atoms with van der Waals surface area (Å²) in [6, 6.07) is 6.54. The third kappa shape index (κ3) is 6.51. The van der Waals surface area contributed by atoms with Gasteiger partial charge in [-0.1, -0.05) is 18.2 Å². The van der Waals surface area contributed by atoms with Gasteiger partial charge in [0.2, 0.25) is 0 Å². The number of rotatable bonds is 4. The van der Waals surface area contributed by atoms with Crippen LogP contribution in [0.1, 0.15) is 43.2 Å². The van der Waals surface area contributed by atoms with Crippen molar-refractivity contribution < 1.29 is 13.2 Å². The van der Waals surface area contributed by atoms with E-state index in [0.29, 0.717) is 24.2 Å². The Balaban J connectivity index is 0.00000261. The van der Waals surface area contributed by atoms with Gasteiger partial charge in [-0.15, -0.1) is 24.0 Å². The van der Waals surface area contributed by atoms with Crippen LogP contribution < -0.4 is 10.6 Å². The number of hydrogen-bond donors (Lipinski definition) is 2. The largest absolute Gasteiger partial charge is 0.416 e. The second kappa shape index (κ2) is 9.95. The molecule has 0 atom stereocenters. The molecule has 2 N–H and O–H groups in total. The normalized spacial score (nSPS) is 19.9. The summed E-state index contributed by atoms with van der Waals surface area (Å²) >= 11 is 0. The Hall–Kier alpha value is -1.03. The number of piperidine rings is 1. The van der Waals surface area contributed by atoms with Gasteiger partial charge >= 0.3 is 6.18 Å². The zero-order chi connectivity index (χ0) is 18.6. The molecule has 0 spiro atoms. The lowest BCUT2D eigenvalue weighted by Crippen LogP contribution is -2.52. The first-order valence-electron chi connectivity index (χ1n) is 9.32. The molecule has 152 valence electrons. The smallest absolute Gasteiger partial charge is 0.354 e. The number of guanidine groups is 1.